The van der Waals surface area contributed by atoms with Gasteiger partial charge in [-0.3, -0.25) is 0 Å². The van der Waals surface area contributed by atoms with Gasteiger partial charge >= 0.3 is 0 Å². The van der Waals surface area contributed by atoms with Crippen LogP contribution in [0.2, 0.25) is 0 Å². The molecule has 4 fully saturated rings. The van der Waals surface area contributed by atoms with E-state index < -0.39 is 0 Å². The Bertz CT molecular complexity index is 806. The van der Waals surface area contributed by atoms with Crippen molar-refractivity contribution in [1.82, 2.24) is 0 Å². The van der Waals surface area contributed by atoms with E-state index in [1.54, 1.807) is 0 Å². The van der Waals surface area contributed by atoms with Crippen LogP contribution in [0.4, 0.5) is 0 Å². The van der Waals surface area contributed by atoms with Crippen LogP contribution in [0.1, 0.15) is 90.5 Å². The molecule has 4 saturated carbocycles. The van der Waals surface area contributed by atoms with Crippen molar-refractivity contribution in [1.29, 1.82) is 0 Å². The summed E-state index contributed by atoms with van der Waals surface area (Å²) in [5.74, 6) is 4.91. The normalized spacial score (nSPS) is 44.8. The van der Waals surface area contributed by atoms with E-state index in [-0.39, 0.29) is 6.10 Å². The third-order valence-electron chi connectivity index (χ3n) is 10.7. The Morgan fingerprint density at radius 1 is 0.968 bits per heavy atom. The highest BCUT2D eigenvalue weighted by Crippen LogP contribution is 2.67. The fourth-order valence-electron chi connectivity index (χ4n) is 8.99. The van der Waals surface area contributed by atoms with Gasteiger partial charge in [0.15, 0.2) is 0 Å². The quantitative estimate of drug-likeness (QED) is 0.240. The first-order valence-electron chi connectivity index (χ1n) is 12.9. The van der Waals surface area contributed by atoms with Crippen LogP contribution in [0.3, 0.4) is 0 Å². The maximum atomic E-state index is 9.56. The Kier molecular flexibility index (Phi) is 5.59. The first-order chi connectivity index (χ1) is 15.0. The fourth-order valence-corrected chi connectivity index (χ4v) is 8.99. The zero-order chi connectivity index (χ0) is 21.6. The largest absolute Gasteiger partial charge is 0.472 e. The molecule has 1 N–H and O–H groups in total. The van der Waals surface area contributed by atoms with Crippen LogP contribution < -0.4 is 0 Å². The standard InChI is InChI=1S/C28H41NO2/c1-4-20-11-13-24-23-12-10-21-18-22(31-26(29-30)19-8-6-5-7-9-19)14-16-28(21,3)25(23)15-17-27(20,24)2/h5-9,20-25,30H,4,10-18H2,1-3H3/t20-,21?,22?,23-,24-,25-,27+,28-/m0/s1. The lowest BCUT2D eigenvalue weighted by Gasteiger charge is -2.61. The predicted octanol–water partition coefficient (Wildman–Crippen LogP) is 7.28. The van der Waals surface area contributed by atoms with Gasteiger partial charge in [-0.2, -0.15) is 0 Å². The molecule has 3 nitrogen and oxygen atoms in total. The second-order valence-corrected chi connectivity index (χ2v) is 11.7. The molecule has 170 valence electrons. The van der Waals surface area contributed by atoms with Gasteiger partial charge in [0.2, 0.25) is 0 Å². The van der Waals surface area contributed by atoms with E-state index in [0.717, 1.165) is 48.0 Å². The number of nitrogens with zero attached hydrogens (tertiary/aromatic N) is 1. The summed E-state index contributed by atoms with van der Waals surface area (Å²) >= 11 is 0. The van der Waals surface area contributed by atoms with E-state index in [0.29, 0.717) is 16.7 Å². The number of hydrogen-bond donors (Lipinski definition) is 1. The third kappa shape index (κ3) is 3.42. The van der Waals surface area contributed by atoms with Gasteiger partial charge in [0.25, 0.3) is 5.90 Å². The third-order valence-corrected chi connectivity index (χ3v) is 10.7. The predicted molar refractivity (Wildman–Crippen MR) is 125 cm³/mol. The zero-order valence-electron chi connectivity index (χ0n) is 19.7. The van der Waals surface area contributed by atoms with Crippen LogP contribution in [0.15, 0.2) is 35.5 Å². The van der Waals surface area contributed by atoms with Crippen molar-refractivity contribution in [3.05, 3.63) is 35.9 Å². The first-order valence-corrected chi connectivity index (χ1v) is 12.9. The minimum absolute atomic E-state index is 0.172. The zero-order valence-corrected chi connectivity index (χ0v) is 19.7. The Morgan fingerprint density at radius 2 is 1.71 bits per heavy atom. The number of oxime groups is 1. The van der Waals surface area contributed by atoms with Crippen molar-refractivity contribution < 1.29 is 9.94 Å². The summed E-state index contributed by atoms with van der Waals surface area (Å²) in [6.45, 7) is 7.69. The minimum Gasteiger partial charge on any atom is -0.472 e. The maximum absolute atomic E-state index is 9.56. The molecule has 1 aromatic rings. The van der Waals surface area contributed by atoms with Gasteiger partial charge < -0.3 is 9.94 Å². The molecule has 0 bridgehead atoms. The van der Waals surface area contributed by atoms with Crippen LogP contribution in [0.25, 0.3) is 0 Å². The molecule has 0 aliphatic heterocycles. The molecule has 0 heterocycles. The molecule has 8 atom stereocenters. The van der Waals surface area contributed by atoms with E-state index in [1.807, 2.05) is 30.3 Å². The highest BCUT2D eigenvalue weighted by atomic mass is 16.5. The molecule has 0 amide bonds. The Hall–Kier alpha value is -1.51. The second kappa shape index (κ2) is 8.12. The molecule has 5 rings (SSSR count). The average Bonchev–Trinajstić information content (AvgIpc) is 3.14. The molecule has 0 saturated heterocycles. The van der Waals surface area contributed by atoms with Gasteiger partial charge in [-0.05, 0) is 115 Å². The summed E-state index contributed by atoms with van der Waals surface area (Å²) in [6.07, 6.45) is 13.6. The number of fused-ring (bicyclic) bond motifs is 5. The molecule has 0 aromatic heterocycles. The number of rotatable bonds is 3. The van der Waals surface area contributed by atoms with Gasteiger partial charge in [0.05, 0.1) is 0 Å². The Morgan fingerprint density at radius 3 is 2.45 bits per heavy atom. The fraction of sp³-hybridized carbons (Fsp3) is 0.750. The number of benzene rings is 1. The van der Waals surface area contributed by atoms with E-state index >= 15 is 0 Å². The highest BCUT2D eigenvalue weighted by Gasteiger charge is 2.59. The van der Waals surface area contributed by atoms with Crippen molar-refractivity contribution in [2.75, 3.05) is 0 Å². The minimum atomic E-state index is 0.172. The van der Waals surface area contributed by atoms with Gasteiger partial charge in [0, 0.05) is 5.56 Å². The Labute approximate surface area is 188 Å². The summed E-state index contributed by atoms with van der Waals surface area (Å²) in [4.78, 5) is 0. The molecule has 4 aliphatic rings. The van der Waals surface area contributed by atoms with Gasteiger partial charge in [-0.15, -0.1) is 0 Å². The SMILES string of the molecule is CC[C@H]1CC[C@H]2[C@@H]3CCC4CC(OC(=NO)c5ccccc5)CC[C@]4(C)[C@H]3CC[C@]12C. The number of hydrogen-bond acceptors (Lipinski definition) is 3. The summed E-state index contributed by atoms with van der Waals surface area (Å²) in [6, 6.07) is 9.82. The molecule has 0 radical (unpaired) electrons. The molecule has 0 spiro atoms. The molecule has 31 heavy (non-hydrogen) atoms. The average molecular weight is 424 g/mol. The molecular formula is C28H41NO2. The van der Waals surface area contributed by atoms with Crippen molar-refractivity contribution in [3.8, 4) is 0 Å². The lowest BCUT2D eigenvalue weighted by Crippen LogP contribution is -2.54. The molecular weight excluding hydrogens is 382 g/mol. The highest BCUT2D eigenvalue weighted by molar-refractivity contribution is 5.93. The monoisotopic (exact) mass is 423 g/mol. The molecule has 3 heteroatoms. The maximum Gasteiger partial charge on any atom is 0.257 e. The molecule has 1 aromatic carbocycles. The lowest BCUT2D eigenvalue weighted by molar-refractivity contribution is -0.125. The van der Waals surface area contributed by atoms with E-state index in [9.17, 15) is 5.21 Å². The summed E-state index contributed by atoms with van der Waals surface area (Å²) in [7, 11) is 0. The summed E-state index contributed by atoms with van der Waals surface area (Å²) in [5.41, 5.74) is 1.94. The van der Waals surface area contributed by atoms with Gasteiger partial charge in [0.1, 0.15) is 6.10 Å². The van der Waals surface area contributed by atoms with Crippen molar-refractivity contribution >= 4 is 5.90 Å². The van der Waals surface area contributed by atoms with Crippen LogP contribution >= 0.6 is 0 Å². The van der Waals surface area contributed by atoms with Crippen LogP contribution in [-0.2, 0) is 4.74 Å². The van der Waals surface area contributed by atoms with Gasteiger partial charge in [-0.1, -0.05) is 45.4 Å². The molecule has 2 unspecified atom stereocenters. The van der Waals surface area contributed by atoms with E-state index in [1.165, 1.54) is 51.4 Å². The lowest BCUT2D eigenvalue weighted by atomic mass is 9.44. The van der Waals surface area contributed by atoms with E-state index in [2.05, 4.69) is 25.9 Å². The van der Waals surface area contributed by atoms with E-state index in [4.69, 9.17) is 4.74 Å². The smallest absolute Gasteiger partial charge is 0.257 e. The van der Waals surface area contributed by atoms with Crippen molar-refractivity contribution in [3.63, 3.8) is 0 Å². The summed E-state index contributed by atoms with van der Waals surface area (Å²) in [5, 5.41) is 13.1. The Balaban J connectivity index is 1.29. The second-order valence-electron chi connectivity index (χ2n) is 11.7. The first kappa shape index (κ1) is 21.3. The van der Waals surface area contributed by atoms with Gasteiger partial charge in [-0.25, -0.2) is 0 Å². The molecule has 4 aliphatic carbocycles. The summed E-state index contributed by atoms with van der Waals surface area (Å²) < 4.78 is 6.27. The van der Waals surface area contributed by atoms with Crippen molar-refractivity contribution in [2.24, 2.45) is 45.6 Å². The topological polar surface area (TPSA) is 41.8 Å². The number of ether oxygens (including phenoxy) is 1. The van der Waals surface area contributed by atoms with Crippen LogP contribution in [0, 0.1) is 40.4 Å². The van der Waals surface area contributed by atoms with Crippen molar-refractivity contribution in [2.45, 2.75) is 91.1 Å². The van der Waals surface area contributed by atoms with Crippen LogP contribution in [-0.4, -0.2) is 17.2 Å². The van der Waals surface area contributed by atoms with Crippen LogP contribution in [0.5, 0.6) is 0 Å².